The minimum atomic E-state index is -0.381. The van der Waals surface area contributed by atoms with Crippen LogP contribution in [0.15, 0.2) is 30.9 Å². The quantitative estimate of drug-likeness (QED) is 0.701. The van der Waals surface area contributed by atoms with Crippen molar-refractivity contribution in [3.63, 3.8) is 0 Å². The fourth-order valence-corrected chi connectivity index (χ4v) is 3.01. The summed E-state index contributed by atoms with van der Waals surface area (Å²) >= 11 is 0. The summed E-state index contributed by atoms with van der Waals surface area (Å²) < 4.78 is 13.6. The minimum absolute atomic E-state index is 0.142. The molecule has 0 heterocycles. The lowest BCUT2D eigenvalue weighted by Crippen LogP contribution is -2.13. The van der Waals surface area contributed by atoms with Crippen molar-refractivity contribution in [1.29, 1.82) is 5.26 Å². The summed E-state index contributed by atoms with van der Waals surface area (Å²) in [7, 11) is 0. The molecular formula is C17H20FN. The topological polar surface area (TPSA) is 23.8 Å². The zero-order valence-electron chi connectivity index (χ0n) is 11.2. The second-order valence-electron chi connectivity index (χ2n) is 5.43. The van der Waals surface area contributed by atoms with Crippen molar-refractivity contribution in [2.45, 2.75) is 44.4 Å². The van der Waals surface area contributed by atoms with Gasteiger partial charge in [0.2, 0.25) is 0 Å². The maximum absolute atomic E-state index is 13.6. The molecule has 0 bridgehead atoms. The summed E-state index contributed by atoms with van der Waals surface area (Å²) in [4.78, 5) is 0. The molecule has 0 spiro atoms. The van der Waals surface area contributed by atoms with Gasteiger partial charge in [-0.3, -0.25) is 0 Å². The van der Waals surface area contributed by atoms with Gasteiger partial charge in [-0.05, 0) is 68.1 Å². The van der Waals surface area contributed by atoms with Gasteiger partial charge in [-0.25, -0.2) is 4.39 Å². The van der Waals surface area contributed by atoms with Gasteiger partial charge in [0.05, 0.1) is 5.56 Å². The van der Waals surface area contributed by atoms with Crippen molar-refractivity contribution < 1.29 is 4.39 Å². The molecule has 1 aromatic rings. The summed E-state index contributed by atoms with van der Waals surface area (Å²) in [5.74, 6) is 0.883. The molecule has 100 valence electrons. The standard InChI is InChI=1S/C17H20FN/c1-2-3-4-13-5-7-14(8-6-13)15-9-10-16(12-19)17(18)11-15/h2,9-11,13-14H,1,3-8H2/t13-,14-. The van der Waals surface area contributed by atoms with Crippen LogP contribution in [-0.4, -0.2) is 0 Å². The zero-order chi connectivity index (χ0) is 13.7. The smallest absolute Gasteiger partial charge is 0.141 e. The Balaban J connectivity index is 1.96. The summed E-state index contributed by atoms with van der Waals surface area (Å²) in [6.45, 7) is 3.77. The first-order chi connectivity index (χ1) is 9.24. The van der Waals surface area contributed by atoms with Gasteiger partial charge in [-0.2, -0.15) is 5.26 Å². The Labute approximate surface area is 114 Å². The third kappa shape index (κ3) is 3.44. The van der Waals surface area contributed by atoms with E-state index in [4.69, 9.17) is 5.26 Å². The number of nitrogens with zero attached hydrogens (tertiary/aromatic N) is 1. The van der Waals surface area contributed by atoms with E-state index in [1.165, 1.54) is 19.3 Å². The summed E-state index contributed by atoms with van der Waals surface area (Å²) in [6.07, 6.45) is 9.03. The lowest BCUT2D eigenvalue weighted by atomic mass is 9.77. The van der Waals surface area contributed by atoms with Crippen molar-refractivity contribution in [3.05, 3.63) is 47.8 Å². The number of nitriles is 1. The Morgan fingerprint density at radius 1 is 1.32 bits per heavy atom. The van der Waals surface area contributed by atoms with Gasteiger partial charge in [0.1, 0.15) is 11.9 Å². The molecule has 0 N–H and O–H groups in total. The molecule has 0 unspecified atom stereocenters. The third-order valence-electron chi connectivity index (χ3n) is 4.21. The van der Waals surface area contributed by atoms with Gasteiger partial charge in [0, 0.05) is 0 Å². The third-order valence-corrected chi connectivity index (χ3v) is 4.21. The highest BCUT2D eigenvalue weighted by Gasteiger charge is 2.22. The van der Waals surface area contributed by atoms with Crippen molar-refractivity contribution in [3.8, 4) is 6.07 Å². The largest absolute Gasteiger partial charge is 0.206 e. The Hall–Kier alpha value is -1.62. The Bertz CT molecular complexity index is 479. The molecule has 2 heteroatoms. The van der Waals surface area contributed by atoms with Gasteiger partial charge in [-0.1, -0.05) is 12.1 Å². The van der Waals surface area contributed by atoms with Crippen LogP contribution in [0, 0.1) is 23.1 Å². The van der Waals surface area contributed by atoms with E-state index in [1.54, 1.807) is 12.1 Å². The molecule has 0 aromatic heterocycles. The molecular weight excluding hydrogens is 237 g/mol. The average Bonchev–Trinajstić information content (AvgIpc) is 2.45. The van der Waals surface area contributed by atoms with Crippen LogP contribution < -0.4 is 0 Å². The van der Waals surface area contributed by atoms with Gasteiger partial charge in [0.25, 0.3) is 0 Å². The van der Waals surface area contributed by atoms with Crippen LogP contribution >= 0.6 is 0 Å². The molecule has 19 heavy (non-hydrogen) atoms. The molecule has 1 aliphatic rings. The van der Waals surface area contributed by atoms with Crippen LogP contribution in [-0.2, 0) is 0 Å². The zero-order valence-corrected chi connectivity index (χ0v) is 11.2. The van der Waals surface area contributed by atoms with Crippen molar-refractivity contribution >= 4 is 0 Å². The molecule has 1 aliphatic carbocycles. The van der Waals surface area contributed by atoms with Gasteiger partial charge >= 0.3 is 0 Å². The lowest BCUT2D eigenvalue weighted by molar-refractivity contribution is 0.311. The van der Waals surface area contributed by atoms with E-state index in [-0.39, 0.29) is 11.4 Å². The molecule has 0 aliphatic heterocycles. The highest BCUT2D eigenvalue weighted by molar-refractivity contribution is 5.34. The van der Waals surface area contributed by atoms with Crippen LogP contribution in [0.5, 0.6) is 0 Å². The molecule has 1 nitrogen and oxygen atoms in total. The van der Waals surface area contributed by atoms with E-state index in [9.17, 15) is 4.39 Å². The van der Waals surface area contributed by atoms with E-state index in [1.807, 2.05) is 18.2 Å². The van der Waals surface area contributed by atoms with E-state index in [0.717, 1.165) is 30.7 Å². The Morgan fingerprint density at radius 3 is 2.63 bits per heavy atom. The molecule has 1 aromatic carbocycles. The first-order valence-electron chi connectivity index (χ1n) is 7.05. The number of hydrogen-bond donors (Lipinski definition) is 0. The predicted molar refractivity (Wildman–Crippen MR) is 75.2 cm³/mol. The highest BCUT2D eigenvalue weighted by atomic mass is 19.1. The van der Waals surface area contributed by atoms with E-state index in [0.29, 0.717) is 5.92 Å². The summed E-state index contributed by atoms with van der Waals surface area (Å²) in [5.41, 5.74) is 1.20. The molecule has 0 saturated heterocycles. The van der Waals surface area contributed by atoms with Crippen molar-refractivity contribution in [1.82, 2.24) is 0 Å². The van der Waals surface area contributed by atoms with Gasteiger partial charge in [-0.15, -0.1) is 6.58 Å². The van der Waals surface area contributed by atoms with Crippen molar-refractivity contribution in [2.75, 3.05) is 0 Å². The number of halogens is 1. The second-order valence-corrected chi connectivity index (χ2v) is 5.43. The van der Waals surface area contributed by atoms with Crippen LogP contribution in [0.3, 0.4) is 0 Å². The summed E-state index contributed by atoms with van der Waals surface area (Å²) in [6, 6.07) is 6.94. The van der Waals surface area contributed by atoms with Crippen molar-refractivity contribution in [2.24, 2.45) is 5.92 Å². The number of allylic oxidation sites excluding steroid dienone is 1. The molecule has 0 radical (unpaired) electrons. The monoisotopic (exact) mass is 257 g/mol. The molecule has 0 atom stereocenters. The van der Waals surface area contributed by atoms with Crippen LogP contribution in [0.4, 0.5) is 4.39 Å². The van der Waals surface area contributed by atoms with Crippen LogP contribution in [0.25, 0.3) is 0 Å². The maximum Gasteiger partial charge on any atom is 0.141 e. The predicted octanol–water partition coefficient (Wildman–Crippen LogP) is 4.94. The van der Waals surface area contributed by atoms with Crippen LogP contribution in [0.1, 0.15) is 55.6 Å². The summed E-state index contributed by atoms with van der Waals surface area (Å²) in [5, 5.41) is 8.74. The average molecular weight is 257 g/mol. The Kier molecular flexibility index (Phi) is 4.74. The van der Waals surface area contributed by atoms with Crippen LogP contribution in [0.2, 0.25) is 0 Å². The fraction of sp³-hybridized carbons (Fsp3) is 0.471. The maximum atomic E-state index is 13.6. The van der Waals surface area contributed by atoms with Gasteiger partial charge < -0.3 is 0 Å². The van der Waals surface area contributed by atoms with Gasteiger partial charge in [0.15, 0.2) is 0 Å². The molecule has 2 rings (SSSR count). The number of hydrogen-bond acceptors (Lipinski definition) is 1. The SMILES string of the molecule is C=CCC[C@H]1CC[C@H](c2ccc(C#N)c(F)c2)CC1. The van der Waals surface area contributed by atoms with E-state index >= 15 is 0 Å². The van der Waals surface area contributed by atoms with E-state index < -0.39 is 0 Å². The highest BCUT2D eigenvalue weighted by Crippen LogP contribution is 2.37. The Morgan fingerprint density at radius 2 is 2.05 bits per heavy atom. The number of benzene rings is 1. The molecule has 1 fully saturated rings. The van der Waals surface area contributed by atoms with E-state index in [2.05, 4.69) is 6.58 Å². The fourth-order valence-electron chi connectivity index (χ4n) is 3.01. The number of rotatable bonds is 4. The normalized spacial score (nSPS) is 22.7. The second kappa shape index (κ2) is 6.52. The minimum Gasteiger partial charge on any atom is -0.206 e. The molecule has 0 amide bonds. The lowest BCUT2D eigenvalue weighted by Gasteiger charge is -2.28. The first kappa shape index (κ1) is 13.8. The first-order valence-corrected chi connectivity index (χ1v) is 7.05. The molecule has 1 saturated carbocycles.